The van der Waals surface area contributed by atoms with Gasteiger partial charge in [0.2, 0.25) is 0 Å². The van der Waals surface area contributed by atoms with Crippen molar-refractivity contribution in [1.82, 2.24) is 0 Å². The summed E-state index contributed by atoms with van der Waals surface area (Å²) in [5.41, 5.74) is -0.0942. The molecular weight excluding hydrogens is 314 g/mol. The first-order chi connectivity index (χ1) is 8.95. The number of hydrogen-bond donors (Lipinski definition) is 1. The van der Waals surface area contributed by atoms with Crippen LogP contribution in [0.4, 0.5) is 0 Å². The predicted octanol–water partition coefficient (Wildman–Crippen LogP) is 3.49. The molecule has 19 heavy (non-hydrogen) atoms. The first-order valence-corrected chi connectivity index (χ1v) is 6.59. The molecule has 0 unspecified atom stereocenters. The van der Waals surface area contributed by atoms with Crippen LogP contribution in [-0.4, -0.2) is 23.7 Å². The van der Waals surface area contributed by atoms with Crippen molar-refractivity contribution in [2.75, 3.05) is 6.61 Å². The zero-order chi connectivity index (χ0) is 14.4. The number of rotatable bonds is 5. The van der Waals surface area contributed by atoms with Gasteiger partial charge in [-0.25, -0.2) is 4.79 Å². The first kappa shape index (κ1) is 16.2. The van der Waals surface area contributed by atoms with Gasteiger partial charge in [-0.15, -0.1) is 0 Å². The lowest BCUT2D eigenvalue weighted by atomic mass is 10.2. The van der Waals surface area contributed by atoms with Crippen molar-refractivity contribution in [3.8, 4) is 0 Å². The Balaban J connectivity index is 2.71. The molecule has 0 atom stereocenters. The topological polar surface area (TPSA) is 63.6 Å². The van der Waals surface area contributed by atoms with E-state index >= 15 is 0 Å². The fourth-order valence-electron chi connectivity index (χ4n) is 1.32. The van der Waals surface area contributed by atoms with Crippen molar-refractivity contribution in [1.29, 1.82) is 0 Å². The Morgan fingerprint density at radius 3 is 2.21 bits per heavy atom. The normalized spacial score (nSPS) is 10.3. The Bertz CT molecular complexity index is 465. The number of ether oxygens (including phenoxy) is 1. The lowest BCUT2D eigenvalue weighted by molar-refractivity contribution is -0.138. The molecule has 0 saturated carbocycles. The maximum absolute atomic E-state index is 11.7. The largest absolute Gasteiger partial charge is 0.396 e. The Morgan fingerprint density at radius 2 is 1.68 bits per heavy atom. The molecule has 0 radical (unpaired) electrons. The molecule has 0 aliphatic carbocycles. The third-order valence-electron chi connectivity index (χ3n) is 2.21. The van der Waals surface area contributed by atoms with Crippen LogP contribution in [0.1, 0.15) is 29.6 Å². The summed E-state index contributed by atoms with van der Waals surface area (Å²) in [6.07, 6.45) is 0.936. The monoisotopic (exact) mass is 324 g/mol. The molecule has 1 aromatic rings. The Hall–Kier alpha value is -0.810. The second-order valence-corrected chi connectivity index (χ2v) is 4.94. The number of aliphatic hydroxyl groups excluding tert-OH is 1. The van der Waals surface area contributed by atoms with E-state index in [1.165, 1.54) is 12.1 Å². The molecule has 1 N–H and O–H groups in total. The number of esters is 2. The summed E-state index contributed by atoms with van der Waals surface area (Å²) in [4.78, 5) is 23.1. The zero-order valence-corrected chi connectivity index (χ0v) is 12.1. The quantitative estimate of drug-likeness (QED) is 0.511. The Labute approximate surface area is 125 Å². The van der Waals surface area contributed by atoms with Crippen molar-refractivity contribution in [3.63, 3.8) is 0 Å². The van der Waals surface area contributed by atoms with E-state index in [0.29, 0.717) is 12.8 Å². The number of unbranched alkanes of at least 4 members (excludes halogenated alkanes) is 1. The summed E-state index contributed by atoms with van der Waals surface area (Å²) in [7, 11) is 0. The van der Waals surface area contributed by atoms with Crippen LogP contribution in [0.2, 0.25) is 15.1 Å². The van der Waals surface area contributed by atoms with Crippen LogP contribution in [0.3, 0.4) is 0 Å². The van der Waals surface area contributed by atoms with E-state index in [0.717, 1.165) is 0 Å². The lowest BCUT2D eigenvalue weighted by Crippen LogP contribution is -2.13. The van der Waals surface area contributed by atoms with Crippen LogP contribution in [0, 0.1) is 0 Å². The number of halogens is 3. The average Bonchev–Trinajstić information content (AvgIpc) is 2.27. The van der Waals surface area contributed by atoms with Crippen molar-refractivity contribution in [3.05, 3.63) is 32.8 Å². The van der Waals surface area contributed by atoms with E-state index in [1.807, 2.05) is 0 Å². The highest BCUT2D eigenvalue weighted by Crippen LogP contribution is 2.29. The van der Waals surface area contributed by atoms with Crippen LogP contribution < -0.4 is 0 Å². The first-order valence-electron chi connectivity index (χ1n) is 5.46. The molecule has 0 aliphatic heterocycles. The van der Waals surface area contributed by atoms with Gasteiger partial charge in [0.1, 0.15) is 0 Å². The van der Waals surface area contributed by atoms with E-state index in [1.54, 1.807) is 0 Å². The van der Waals surface area contributed by atoms with Gasteiger partial charge in [0.15, 0.2) is 0 Å². The summed E-state index contributed by atoms with van der Waals surface area (Å²) in [5, 5.41) is 8.89. The zero-order valence-electron chi connectivity index (χ0n) is 9.79. The highest BCUT2D eigenvalue weighted by atomic mass is 35.5. The molecule has 0 aromatic heterocycles. The molecule has 4 nitrogen and oxygen atoms in total. The predicted molar refractivity (Wildman–Crippen MR) is 72.8 cm³/mol. The van der Waals surface area contributed by atoms with Crippen molar-refractivity contribution >= 4 is 46.7 Å². The van der Waals surface area contributed by atoms with Crippen molar-refractivity contribution in [2.45, 2.75) is 19.3 Å². The van der Waals surface area contributed by atoms with Gasteiger partial charge >= 0.3 is 11.9 Å². The maximum atomic E-state index is 11.7. The number of carbonyl (C=O) groups excluding carboxylic acids is 2. The molecule has 0 bridgehead atoms. The summed E-state index contributed by atoms with van der Waals surface area (Å²) in [6.45, 7) is -0.0178. The molecule has 1 rings (SSSR count). The molecule has 0 spiro atoms. The second kappa shape index (κ2) is 7.70. The fraction of sp³-hybridized carbons (Fsp3) is 0.333. The summed E-state index contributed by atoms with van der Waals surface area (Å²) < 4.78 is 4.61. The van der Waals surface area contributed by atoms with Crippen molar-refractivity contribution in [2.24, 2.45) is 0 Å². The van der Waals surface area contributed by atoms with Crippen molar-refractivity contribution < 1.29 is 19.4 Å². The SMILES string of the molecule is O=C(CCCCO)OC(=O)c1c(Cl)cc(Cl)cc1Cl. The maximum Gasteiger partial charge on any atom is 0.348 e. The lowest BCUT2D eigenvalue weighted by Gasteiger charge is -2.07. The molecular formula is C12H11Cl3O4. The average molecular weight is 326 g/mol. The van der Waals surface area contributed by atoms with Crippen LogP contribution in [0.25, 0.3) is 0 Å². The molecule has 0 aliphatic rings. The molecule has 1 aromatic carbocycles. The van der Waals surface area contributed by atoms with Gasteiger partial charge in [0, 0.05) is 18.1 Å². The van der Waals surface area contributed by atoms with E-state index in [2.05, 4.69) is 4.74 Å². The number of aliphatic hydroxyl groups is 1. The van der Waals surface area contributed by atoms with E-state index in [4.69, 9.17) is 39.9 Å². The molecule has 7 heteroatoms. The Morgan fingerprint density at radius 1 is 1.11 bits per heavy atom. The molecule has 0 heterocycles. The van der Waals surface area contributed by atoms with Gasteiger partial charge in [-0.05, 0) is 25.0 Å². The number of hydrogen-bond acceptors (Lipinski definition) is 4. The second-order valence-electron chi connectivity index (χ2n) is 3.69. The van der Waals surface area contributed by atoms with Gasteiger partial charge in [0.25, 0.3) is 0 Å². The third kappa shape index (κ3) is 4.99. The number of carbonyl (C=O) groups is 2. The van der Waals surface area contributed by atoms with E-state index < -0.39 is 11.9 Å². The molecule has 0 amide bonds. The Kier molecular flexibility index (Phi) is 6.58. The third-order valence-corrected chi connectivity index (χ3v) is 3.02. The highest BCUT2D eigenvalue weighted by Gasteiger charge is 2.20. The van der Waals surface area contributed by atoms with Gasteiger partial charge in [-0.3, -0.25) is 4.79 Å². The van der Waals surface area contributed by atoms with Crippen LogP contribution in [0.15, 0.2) is 12.1 Å². The minimum absolute atomic E-state index is 0.0178. The summed E-state index contributed by atoms with van der Waals surface area (Å²) in [5.74, 6) is -1.61. The van der Waals surface area contributed by atoms with Crippen LogP contribution >= 0.6 is 34.8 Å². The molecule has 0 fully saturated rings. The van der Waals surface area contributed by atoms with Gasteiger partial charge < -0.3 is 9.84 Å². The van der Waals surface area contributed by atoms with Crippen LogP contribution in [-0.2, 0) is 9.53 Å². The fourth-order valence-corrected chi connectivity index (χ4v) is 2.30. The van der Waals surface area contributed by atoms with Gasteiger partial charge in [-0.1, -0.05) is 34.8 Å². The smallest absolute Gasteiger partial charge is 0.348 e. The van der Waals surface area contributed by atoms with E-state index in [9.17, 15) is 9.59 Å². The summed E-state index contributed by atoms with van der Waals surface area (Å²) >= 11 is 17.4. The number of benzene rings is 1. The van der Waals surface area contributed by atoms with Gasteiger partial charge in [-0.2, -0.15) is 0 Å². The minimum Gasteiger partial charge on any atom is -0.396 e. The summed E-state index contributed by atoms with van der Waals surface area (Å²) in [6, 6.07) is 2.67. The molecule has 0 saturated heterocycles. The highest BCUT2D eigenvalue weighted by molar-refractivity contribution is 6.42. The van der Waals surface area contributed by atoms with Crippen LogP contribution in [0.5, 0.6) is 0 Å². The van der Waals surface area contributed by atoms with Gasteiger partial charge in [0.05, 0.1) is 15.6 Å². The minimum atomic E-state index is -0.916. The van der Waals surface area contributed by atoms with E-state index in [-0.39, 0.29) is 33.7 Å². The standard InChI is InChI=1S/C12H11Cl3O4/c13-7-5-8(14)11(9(15)6-7)12(18)19-10(17)3-1-2-4-16/h5-6,16H,1-4H2. The molecule has 104 valence electrons.